The third-order valence-electron chi connectivity index (χ3n) is 4.29. The zero-order valence-electron chi connectivity index (χ0n) is 10.5. The molecule has 2 fully saturated rings. The monoisotopic (exact) mass is 359 g/mol. The highest BCUT2D eigenvalue weighted by Crippen LogP contribution is 2.44. The summed E-state index contributed by atoms with van der Waals surface area (Å²) in [7, 11) is 0. The normalized spacial score (nSPS) is 28.1. The summed E-state index contributed by atoms with van der Waals surface area (Å²) in [6, 6.07) is 5.61. The molecular weight excluding hydrogens is 340 g/mol. The number of benzene rings is 1. The first kappa shape index (κ1) is 12.7. The zero-order valence-corrected chi connectivity index (χ0v) is 12.6. The standard InChI is InChI=1S/C15H19FIN/c16-12-6-7-15(14(17)9-12)18-13-3-1-2-11(8-13)10-4-5-10/h6-7,9-11,13,18H,1-5,8H2. The molecule has 1 aromatic carbocycles. The molecular formula is C15H19FIN. The van der Waals surface area contributed by atoms with Gasteiger partial charge in [-0.25, -0.2) is 4.39 Å². The van der Waals surface area contributed by atoms with Crippen LogP contribution in [-0.4, -0.2) is 6.04 Å². The first-order valence-corrected chi connectivity index (χ1v) is 8.02. The lowest BCUT2D eigenvalue weighted by atomic mass is 9.82. The molecule has 0 saturated heterocycles. The number of hydrogen-bond acceptors (Lipinski definition) is 1. The number of halogens is 2. The molecule has 2 atom stereocenters. The van der Waals surface area contributed by atoms with E-state index in [1.165, 1.54) is 38.5 Å². The van der Waals surface area contributed by atoms with Crippen LogP contribution in [0, 0.1) is 21.2 Å². The maximum Gasteiger partial charge on any atom is 0.124 e. The Labute approximate surface area is 122 Å². The Morgan fingerprint density at radius 3 is 2.67 bits per heavy atom. The van der Waals surface area contributed by atoms with Crippen molar-refractivity contribution in [3.8, 4) is 0 Å². The third kappa shape index (κ3) is 2.98. The van der Waals surface area contributed by atoms with Crippen LogP contribution in [0.1, 0.15) is 38.5 Å². The average Bonchev–Trinajstić information content (AvgIpc) is 3.17. The van der Waals surface area contributed by atoms with Gasteiger partial charge in [0.25, 0.3) is 0 Å². The van der Waals surface area contributed by atoms with Crippen molar-refractivity contribution >= 4 is 28.3 Å². The molecule has 1 aromatic rings. The van der Waals surface area contributed by atoms with Gasteiger partial charge in [0, 0.05) is 15.3 Å². The first-order chi connectivity index (χ1) is 8.72. The Balaban J connectivity index is 1.64. The molecule has 0 radical (unpaired) electrons. The Hall–Kier alpha value is -0.320. The van der Waals surface area contributed by atoms with Crippen molar-refractivity contribution in [2.75, 3.05) is 5.32 Å². The van der Waals surface area contributed by atoms with E-state index in [4.69, 9.17) is 0 Å². The summed E-state index contributed by atoms with van der Waals surface area (Å²) in [5.41, 5.74) is 1.10. The fourth-order valence-electron chi connectivity index (χ4n) is 3.18. The molecule has 1 nitrogen and oxygen atoms in total. The van der Waals surface area contributed by atoms with Crippen molar-refractivity contribution in [3.05, 3.63) is 27.6 Å². The van der Waals surface area contributed by atoms with E-state index in [1.807, 2.05) is 6.07 Å². The minimum Gasteiger partial charge on any atom is -0.381 e. The number of anilines is 1. The summed E-state index contributed by atoms with van der Waals surface area (Å²) in [5, 5.41) is 3.61. The van der Waals surface area contributed by atoms with Crippen LogP contribution >= 0.6 is 22.6 Å². The smallest absolute Gasteiger partial charge is 0.124 e. The quantitative estimate of drug-likeness (QED) is 0.764. The van der Waals surface area contributed by atoms with E-state index in [0.29, 0.717) is 6.04 Å². The molecule has 0 amide bonds. The highest BCUT2D eigenvalue weighted by molar-refractivity contribution is 14.1. The molecule has 1 N–H and O–H groups in total. The van der Waals surface area contributed by atoms with Crippen molar-refractivity contribution in [1.29, 1.82) is 0 Å². The molecule has 0 spiro atoms. The van der Waals surface area contributed by atoms with Gasteiger partial charge in [0.15, 0.2) is 0 Å². The van der Waals surface area contributed by atoms with Crippen molar-refractivity contribution in [2.45, 2.75) is 44.6 Å². The molecule has 2 unspecified atom stereocenters. The number of hydrogen-bond donors (Lipinski definition) is 1. The second-order valence-electron chi connectivity index (χ2n) is 5.73. The largest absolute Gasteiger partial charge is 0.381 e. The maximum absolute atomic E-state index is 13.1. The summed E-state index contributed by atoms with van der Waals surface area (Å²) >= 11 is 2.21. The highest BCUT2D eigenvalue weighted by Gasteiger charge is 2.34. The summed E-state index contributed by atoms with van der Waals surface area (Å²) in [6.07, 6.45) is 8.23. The second-order valence-corrected chi connectivity index (χ2v) is 6.89. The van der Waals surface area contributed by atoms with Crippen molar-refractivity contribution in [1.82, 2.24) is 0 Å². The van der Waals surface area contributed by atoms with E-state index >= 15 is 0 Å². The fraction of sp³-hybridized carbons (Fsp3) is 0.600. The van der Waals surface area contributed by atoms with E-state index in [9.17, 15) is 4.39 Å². The molecule has 0 bridgehead atoms. The van der Waals surface area contributed by atoms with Crippen LogP contribution in [-0.2, 0) is 0 Å². The lowest BCUT2D eigenvalue weighted by Gasteiger charge is -2.30. The first-order valence-electron chi connectivity index (χ1n) is 6.94. The van der Waals surface area contributed by atoms with Crippen molar-refractivity contribution in [2.24, 2.45) is 11.8 Å². The van der Waals surface area contributed by atoms with Crippen LogP contribution in [0.4, 0.5) is 10.1 Å². The van der Waals surface area contributed by atoms with Crippen LogP contribution in [0.5, 0.6) is 0 Å². The van der Waals surface area contributed by atoms with Crippen LogP contribution in [0.15, 0.2) is 18.2 Å². The zero-order chi connectivity index (χ0) is 12.5. The fourth-order valence-corrected chi connectivity index (χ4v) is 3.81. The lowest BCUT2D eigenvalue weighted by Crippen LogP contribution is -2.28. The molecule has 3 rings (SSSR count). The minimum absolute atomic E-state index is 0.149. The molecule has 18 heavy (non-hydrogen) atoms. The summed E-state index contributed by atoms with van der Waals surface area (Å²) in [4.78, 5) is 0. The molecule has 2 saturated carbocycles. The van der Waals surface area contributed by atoms with E-state index in [0.717, 1.165) is 21.1 Å². The van der Waals surface area contributed by atoms with Gasteiger partial charge in [0.2, 0.25) is 0 Å². The van der Waals surface area contributed by atoms with Gasteiger partial charge < -0.3 is 5.32 Å². The second kappa shape index (κ2) is 5.35. The predicted molar refractivity (Wildman–Crippen MR) is 81.2 cm³/mol. The van der Waals surface area contributed by atoms with Crippen molar-refractivity contribution in [3.63, 3.8) is 0 Å². The van der Waals surface area contributed by atoms with Gasteiger partial charge in [-0.1, -0.05) is 12.8 Å². The van der Waals surface area contributed by atoms with Crippen LogP contribution in [0.25, 0.3) is 0 Å². The summed E-state index contributed by atoms with van der Waals surface area (Å²) < 4.78 is 14.1. The SMILES string of the molecule is Fc1ccc(NC2CCCC(C3CC3)C2)c(I)c1. The van der Waals surface area contributed by atoms with E-state index in [1.54, 1.807) is 12.1 Å². The van der Waals surface area contributed by atoms with Crippen molar-refractivity contribution < 1.29 is 4.39 Å². The summed E-state index contributed by atoms with van der Waals surface area (Å²) in [6.45, 7) is 0. The Morgan fingerprint density at radius 1 is 1.11 bits per heavy atom. The van der Waals surface area contributed by atoms with Crippen LogP contribution in [0.3, 0.4) is 0 Å². The molecule has 2 aliphatic rings. The molecule has 98 valence electrons. The van der Waals surface area contributed by atoms with Gasteiger partial charge >= 0.3 is 0 Å². The molecule has 0 heterocycles. The van der Waals surface area contributed by atoms with E-state index < -0.39 is 0 Å². The molecule has 0 aliphatic heterocycles. The number of rotatable bonds is 3. The van der Waals surface area contributed by atoms with Gasteiger partial charge in [0.05, 0.1) is 0 Å². The van der Waals surface area contributed by atoms with Crippen LogP contribution < -0.4 is 5.32 Å². The predicted octanol–water partition coefficient (Wildman–Crippen LogP) is 4.81. The van der Waals surface area contributed by atoms with E-state index in [2.05, 4.69) is 27.9 Å². The maximum atomic E-state index is 13.1. The topological polar surface area (TPSA) is 12.0 Å². The Morgan fingerprint density at radius 2 is 1.94 bits per heavy atom. The minimum atomic E-state index is -0.149. The lowest BCUT2D eigenvalue weighted by molar-refractivity contribution is 0.303. The van der Waals surface area contributed by atoms with Gasteiger partial charge in [-0.15, -0.1) is 0 Å². The van der Waals surface area contributed by atoms with Gasteiger partial charge in [-0.05, 0) is 78.3 Å². The van der Waals surface area contributed by atoms with E-state index in [-0.39, 0.29) is 5.82 Å². The van der Waals surface area contributed by atoms with Gasteiger partial charge in [-0.3, -0.25) is 0 Å². The van der Waals surface area contributed by atoms with Gasteiger partial charge in [-0.2, -0.15) is 0 Å². The Bertz CT molecular complexity index is 431. The third-order valence-corrected chi connectivity index (χ3v) is 5.19. The van der Waals surface area contributed by atoms with Crippen LogP contribution in [0.2, 0.25) is 0 Å². The molecule has 0 aromatic heterocycles. The number of nitrogens with one attached hydrogen (secondary N) is 1. The highest BCUT2D eigenvalue weighted by atomic mass is 127. The Kier molecular flexibility index (Phi) is 3.78. The van der Waals surface area contributed by atoms with Gasteiger partial charge in [0.1, 0.15) is 5.82 Å². The summed E-state index contributed by atoms with van der Waals surface area (Å²) in [5.74, 6) is 1.81. The average molecular weight is 359 g/mol. The molecule has 3 heteroatoms. The molecule has 2 aliphatic carbocycles.